The molecule has 9 heteroatoms. The largest absolute Gasteiger partial charge is 0.478 e. The zero-order chi connectivity index (χ0) is 23.3. The lowest BCUT2D eigenvalue weighted by Crippen LogP contribution is -2.51. The Labute approximate surface area is 194 Å². The van der Waals surface area contributed by atoms with E-state index in [9.17, 15) is 14.3 Å². The van der Waals surface area contributed by atoms with Crippen molar-refractivity contribution in [3.8, 4) is 17.4 Å². The van der Waals surface area contributed by atoms with Gasteiger partial charge >= 0.3 is 5.97 Å². The highest BCUT2D eigenvalue weighted by atomic mass is 35.5. The molecule has 2 unspecified atom stereocenters. The predicted octanol–water partition coefficient (Wildman–Crippen LogP) is 6.15. The predicted molar refractivity (Wildman–Crippen MR) is 118 cm³/mol. The Kier molecular flexibility index (Phi) is 7.56. The molecule has 0 radical (unpaired) electrons. The summed E-state index contributed by atoms with van der Waals surface area (Å²) in [6.45, 7) is 3.13. The second kappa shape index (κ2) is 10.2. The molecular weight excluding hydrogens is 460 g/mol. The van der Waals surface area contributed by atoms with Crippen molar-refractivity contribution in [2.75, 3.05) is 0 Å². The van der Waals surface area contributed by atoms with Crippen LogP contribution in [0.25, 0.3) is 0 Å². The summed E-state index contributed by atoms with van der Waals surface area (Å²) in [4.78, 5) is 16.0. The highest BCUT2D eigenvalue weighted by Crippen LogP contribution is 2.31. The topological polar surface area (TPSA) is 77.9 Å². The van der Waals surface area contributed by atoms with Crippen molar-refractivity contribution in [2.45, 2.75) is 32.2 Å². The summed E-state index contributed by atoms with van der Waals surface area (Å²) in [5, 5.41) is 10.4. The first kappa shape index (κ1) is 23.8. The smallest absolute Gasteiger partial charge is 0.350 e. The van der Waals surface area contributed by atoms with Crippen LogP contribution in [0.5, 0.6) is 17.4 Å². The normalized spacial score (nSPS) is 13.8. The maximum absolute atomic E-state index is 13.0. The minimum atomic E-state index is -1.68. The highest BCUT2D eigenvalue weighted by Gasteiger charge is 2.42. The molecule has 3 rings (SSSR count). The van der Waals surface area contributed by atoms with Crippen LogP contribution in [0, 0.1) is 5.82 Å². The number of hydrogen-bond acceptors (Lipinski definition) is 5. The third-order valence-corrected chi connectivity index (χ3v) is 5.23. The quantitative estimate of drug-likeness (QED) is 0.396. The van der Waals surface area contributed by atoms with Crippen LogP contribution in [0.15, 0.2) is 60.8 Å². The number of carboxylic acid groups (broad SMARTS) is 1. The number of benzene rings is 2. The number of aliphatic carboxylic acids is 1. The Morgan fingerprint density at radius 1 is 1.12 bits per heavy atom. The number of rotatable bonds is 9. The molecule has 1 N–H and O–H groups in total. The van der Waals surface area contributed by atoms with Crippen LogP contribution < -0.4 is 9.47 Å². The van der Waals surface area contributed by atoms with Crippen LogP contribution in [-0.2, 0) is 16.1 Å². The fourth-order valence-corrected chi connectivity index (χ4v) is 3.09. The number of pyridine rings is 1. The first-order chi connectivity index (χ1) is 15.2. The van der Waals surface area contributed by atoms with Crippen molar-refractivity contribution < 1.29 is 28.5 Å². The average Bonchev–Trinajstić information content (AvgIpc) is 2.76. The lowest BCUT2D eigenvalue weighted by atomic mass is 10.00. The van der Waals surface area contributed by atoms with Gasteiger partial charge in [-0.15, -0.1) is 0 Å². The number of halogens is 3. The minimum absolute atomic E-state index is 0.106. The maximum Gasteiger partial charge on any atom is 0.350 e. The molecule has 0 saturated carbocycles. The molecule has 1 aromatic heterocycles. The van der Waals surface area contributed by atoms with Gasteiger partial charge in [0.1, 0.15) is 28.4 Å². The number of hydrogen-bond donors (Lipinski definition) is 1. The fraction of sp³-hybridized carbons (Fsp3) is 0.217. The molecule has 0 saturated heterocycles. The molecular formula is C23H20Cl2FNO5. The number of nitrogens with zero attached hydrogens (tertiary/aromatic N) is 1. The second-order valence-corrected chi connectivity index (χ2v) is 7.95. The van der Waals surface area contributed by atoms with Crippen molar-refractivity contribution in [3.63, 3.8) is 0 Å². The second-order valence-electron chi connectivity index (χ2n) is 7.11. The van der Waals surface area contributed by atoms with E-state index in [2.05, 4.69) is 4.98 Å². The number of aromatic nitrogens is 1. The van der Waals surface area contributed by atoms with Crippen molar-refractivity contribution in [1.82, 2.24) is 4.98 Å². The summed E-state index contributed by atoms with van der Waals surface area (Å²) in [5.74, 6) is -0.645. The van der Waals surface area contributed by atoms with E-state index in [1.54, 1.807) is 43.3 Å². The lowest BCUT2D eigenvalue weighted by molar-refractivity contribution is -0.168. The van der Waals surface area contributed by atoms with Crippen LogP contribution in [0.2, 0.25) is 10.0 Å². The Morgan fingerprint density at radius 3 is 2.34 bits per heavy atom. The van der Waals surface area contributed by atoms with Crippen LogP contribution in [0.4, 0.5) is 4.39 Å². The Balaban J connectivity index is 1.67. The van der Waals surface area contributed by atoms with E-state index in [4.69, 9.17) is 37.4 Å². The van der Waals surface area contributed by atoms with Crippen LogP contribution in [0.1, 0.15) is 19.4 Å². The van der Waals surface area contributed by atoms with Gasteiger partial charge in [0.2, 0.25) is 11.5 Å². The van der Waals surface area contributed by atoms with Gasteiger partial charge in [-0.2, -0.15) is 0 Å². The summed E-state index contributed by atoms with van der Waals surface area (Å²) in [6.07, 6.45) is 0.587. The average molecular weight is 480 g/mol. The van der Waals surface area contributed by atoms with Crippen molar-refractivity contribution in [2.24, 2.45) is 0 Å². The van der Waals surface area contributed by atoms with Crippen molar-refractivity contribution in [3.05, 3.63) is 82.2 Å². The summed E-state index contributed by atoms with van der Waals surface area (Å²) in [7, 11) is 0. The maximum atomic E-state index is 13.0. The summed E-state index contributed by atoms with van der Waals surface area (Å²) in [6, 6.07) is 13.6. The standard InChI is InChI=1S/C23H20Cl2FNO5/c1-14(30-13-15-3-5-17(26)6-4-15)23(2,22(28)29)32-19-9-7-18(8-10-19)31-21-20(25)11-16(24)12-27-21/h3-12,14H,13H2,1-2H3,(H,28,29). The number of carbonyl (C=O) groups is 1. The van der Waals surface area contributed by atoms with Crippen LogP contribution in [-0.4, -0.2) is 27.8 Å². The van der Waals surface area contributed by atoms with E-state index in [0.717, 1.165) is 0 Å². The van der Waals surface area contributed by atoms with Gasteiger partial charge in [-0.3, -0.25) is 0 Å². The molecule has 168 valence electrons. The molecule has 0 aliphatic carbocycles. The van der Waals surface area contributed by atoms with Gasteiger partial charge < -0.3 is 19.3 Å². The molecule has 3 aromatic rings. The van der Waals surface area contributed by atoms with Gasteiger partial charge in [0, 0.05) is 6.20 Å². The van der Waals surface area contributed by atoms with Gasteiger partial charge in [-0.25, -0.2) is 14.2 Å². The zero-order valence-electron chi connectivity index (χ0n) is 17.2. The molecule has 32 heavy (non-hydrogen) atoms. The van der Waals surface area contributed by atoms with Gasteiger partial charge in [0.25, 0.3) is 0 Å². The third kappa shape index (κ3) is 5.88. The van der Waals surface area contributed by atoms with E-state index in [0.29, 0.717) is 22.1 Å². The van der Waals surface area contributed by atoms with Crippen LogP contribution >= 0.6 is 23.2 Å². The lowest BCUT2D eigenvalue weighted by Gasteiger charge is -2.32. The molecule has 0 fully saturated rings. The molecule has 0 amide bonds. The van der Waals surface area contributed by atoms with E-state index in [1.165, 1.54) is 31.3 Å². The molecule has 0 aliphatic heterocycles. The molecule has 0 spiro atoms. The Bertz CT molecular complexity index is 1080. The Hall–Kier alpha value is -2.87. The third-order valence-electron chi connectivity index (χ3n) is 4.76. The highest BCUT2D eigenvalue weighted by molar-refractivity contribution is 6.35. The first-order valence-corrected chi connectivity index (χ1v) is 10.3. The Morgan fingerprint density at radius 2 is 1.75 bits per heavy atom. The molecule has 0 aliphatic rings. The molecule has 6 nitrogen and oxygen atoms in total. The first-order valence-electron chi connectivity index (χ1n) is 9.55. The number of ether oxygens (including phenoxy) is 3. The minimum Gasteiger partial charge on any atom is -0.478 e. The van der Waals surface area contributed by atoms with E-state index < -0.39 is 17.7 Å². The summed E-state index contributed by atoms with van der Waals surface area (Å²) < 4.78 is 30.1. The summed E-state index contributed by atoms with van der Waals surface area (Å²) in [5.41, 5.74) is -0.967. The number of carboxylic acids is 1. The monoisotopic (exact) mass is 479 g/mol. The van der Waals surface area contributed by atoms with E-state index >= 15 is 0 Å². The van der Waals surface area contributed by atoms with Gasteiger partial charge in [-0.05, 0) is 61.9 Å². The molecule has 2 atom stereocenters. The zero-order valence-corrected chi connectivity index (χ0v) is 18.7. The van der Waals surface area contributed by atoms with E-state index in [1.807, 2.05) is 0 Å². The van der Waals surface area contributed by atoms with E-state index in [-0.39, 0.29) is 23.3 Å². The molecule has 2 aromatic carbocycles. The fourth-order valence-electron chi connectivity index (χ4n) is 2.67. The van der Waals surface area contributed by atoms with Crippen LogP contribution in [0.3, 0.4) is 0 Å². The van der Waals surface area contributed by atoms with Crippen molar-refractivity contribution >= 4 is 29.2 Å². The van der Waals surface area contributed by atoms with Gasteiger partial charge in [0.05, 0.1) is 11.6 Å². The summed E-state index contributed by atoms with van der Waals surface area (Å²) >= 11 is 11.9. The van der Waals surface area contributed by atoms with Gasteiger partial charge in [0.15, 0.2) is 0 Å². The molecule has 1 heterocycles. The van der Waals surface area contributed by atoms with Gasteiger partial charge in [-0.1, -0.05) is 35.3 Å². The SMILES string of the molecule is CC(OCc1ccc(F)cc1)C(C)(Oc1ccc(Oc2ncc(Cl)cc2Cl)cc1)C(=O)O. The molecule has 0 bridgehead atoms. The van der Waals surface area contributed by atoms with Crippen molar-refractivity contribution in [1.29, 1.82) is 0 Å².